The fourth-order valence-corrected chi connectivity index (χ4v) is 0.334. The van der Waals surface area contributed by atoms with Gasteiger partial charge in [-0.2, -0.15) is 0 Å². The van der Waals surface area contributed by atoms with E-state index >= 15 is 0 Å². The lowest BCUT2D eigenvalue weighted by atomic mass is 10.2. The van der Waals surface area contributed by atoms with Crippen LogP contribution in [0.5, 0.6) is 0 Å². The molecule has 0 atom stereocenters. The summed E-state index contributed by atoms with van der Waals surface area (Å²) in [4.78, 5) is 10.3. The molecule has 0 radical (unpaired) electrons. The van der Waals surface area contributed by atoms with E-state index < -0.39 is 0 Å². The molecule has 0 aliphatic rings. The maximum absolute atomic E-state index is 10.3. The highest BCUT2D eigenvalue weighted by Gasteiger charge is 2.01. The molecule has 0 bridgehead atoms. The zero-order valence-electron chi connectivity index (χ0n) is 5.99. The predicted octanol–water partition coefficient (Wildman–Crippen LogP) is 0.756. The molecule has 0 saturated carbocycles. The molecule has 3 heteroatoms. The second-order valence-corrected chi connectivity index (χ2v) is 2.25. The number of nitrogens with one attached hydrogen (secondary N) is 2. The Morgan fingerprint density at radius 3 is 2.11 bits per heavy atom. The number of hydrogen-bond donors (Lipinski definition) is 2. The molecule has 1 amide bonds. The Morgan fingerprint density at radius 1 is 1.56 bits per heavy atom. The lowest BCUT2D eigenvalue weighted by Crippen LogP contribution is -2.30. The third-order valence-corrected chi connectivity index (χ3v) is 0.888. The Hall–Kier alpha value is -0.860. The number of rotatable bonds is 1. The van der Waals surface area contributed by atoms with Gasteiger partial charge in [0.1, 0.15) is 5.84 Å². The highest BCUT2D eigenvalue weighted by Crippen LogP contribution is 1.89. The van der Waals surface area contributed by atoms with Crippen LogP contribution in [0.4, 0.5) is 0 Å². The van der Waals surface area contributed by atoms with Gasteiger partial charge in [0.05, 0.1) is 0 Å². The van der Waals surface area contributed by atoms with Crippen LogP contribution in [0.1, 0.15) is 20.8 Å². The van der Waals surface area contributed by atoms with Crippen molar-refractivity contribution in [2.45, 2.75) is 20.8 Å². The maximum Gasteiger partial charge on any atom is 0.222 e. The third kappa shape index (κ3) is 3.70. The quantitative estimate of drug-likeness (QED) is 0.397. The van der Waals surface area contributed by atoms with Crippen LogP contribution in [0.2, 0.25) is 0 Å². The zero-order chi connectivity index (χ0) is 7.44. The molecule has 0 rings (SSSR count). The number of carbonyl (C=O) groups is 1. The van der Waals surface area contributed by atoms with Crippen molar-refractivity contribution in [3.8, 4) is 0 Å². The molecule has 0 aromatic heterocycles. The molecule has 0 aliphatic heterocycles. The molecular weight excluding hydrogens is 116 g/mol. The maximum atomic E-state index is 10.3. The van der Waals surface area contributed by atoms with Gasteiger partial charge in [-0.25, -0.2) is 0 Å². The molecule has 0 unspecified atom stereocenters. The van der Waals surface area contributed by atoms with E-state index in [1.807, 2.05) is 13.8 Å². The van der Waals surface area contributed by atoms with Gasteiger partial charge in [-0.1, -0.05) is 13.8 Å². The summed E-state index contributed by atoms with van der Waals surface area (Å²) < 4.78 is 0. The normalized spacial score (nSPS) is 9.33. The lowest BCUT2D eigenvalue weighted by molar-refractivity contribution is -0.117. The van der Waals surface area contributed by atoms with Crippen LogP contribution in [0.3, 0.4) is 0 Å². The average Bonchev–Trinajstić information content (AvgIpc) is 1.63. The summed E-state index contributed by atoms with van der Waals surface area (Å²) >= 11 is 0. The summed E-state index contributed by atoms with van der Waals surface area (Å²) in [5.41, 5.74) is 0. The van der Waals surface area contributed by atoms with Crippen molar-refractivity contribution in [2.24, 2.45) is 5.92 Å². The Kier molecular flexibility index (Phi) is 2.91. The first-order valence-corrected chi connectivity index (χ1v) is 2.90. The number of amides is 1. The molecule has 0 heterocycles. The van der Waals surface area contributed by atoms with Crippen LogP contribution in [-0.2, 0) is 4.79 Å². The van der Waals surface area contributed by atoms with E-state index in [-0.39, 0.29) is 17.7 Å². The number of hydrogen-bond acceptors (Lipinski definition) is 2. The molecule has 0 saturated heterocycles. The minimum Gasteiger partial charge on any atom is -0.315 e. The van der Waals surface area contributed by atoms with Crippen LogP contribution in [0, 0.1) is 11.3 Å². The van der Waals surface area contributed by atoms with E-state index in [9.17, 15) is 4.79 Å². The minimum absolute atomic E-state index is 0.105. The van der Waals surface area contributed by atoms with Crippen molar-refractivity contribution in [3.05, 3.63) is 0 Å². The van der Waals surface area contributed by atoms with Crippen molar-refractivity contribution >= 4 is 11.7 Å². The van der Waals surface area contributed by atoms with Gasteiger partial charge in [-0.3, -0.25) is 10.2 Å². The monoisotopic (exact) mass is 128 g/mol. The van der Waals surface area contributed by atoms with Gasteiger partial charge < -0.3 is 5.32 Å². The molecule has 3 nitrogen and oxygen atoms in total. The second kappa shape index (κ2) is 3.22. The van der Waals surface area contributed by atoms with Gasteiger partial charge in [0.2, 0.25) is 5.91 Å². The third-order valence-electron chi connectivity index (χ3n) is 0.888. The summed E-state index contributed by atoms with van der Waals surface area (Å²) in [6.07, 6.45) is 0. The summed E-state index contributed by atoms with van der Waals surface area (Å²) in [5.74, 6) is 0.213. The van der Waals surface area contributed by atoms with Gasteiger partial charge in [-0.05, 0) is 0 Å². The van der Waals surface area contributed by atoms with E-state index in [1.54, 1.807) is 0 Å². The van der Waals surface area contributed by atoms with Gasteiger partial charge in [-0.15, -0.1) is 0 Å². The Labute approximate surface area is 55.0 Å². The van der Waals surface area contributed by atoms with Gasteiger partial charge in [0.15, 0.2) is 0 Å². The van der Waals surface area contributed by atoms with E-state index in [4.69, 9.17) is 5.41 Å². The van der Waals surface area contributed by atoms with Crippen LogP contribution in [-0.4, -0.2) is 11.7 Å². The number of amidine groups is 1. The van der Waals surface area contributed by atoms with Crippen molar-refractivity contribution in [1.29, 1.82) is 5.41 Å². The van der Waals surface area contributed by atoms with Crippen molar-refractivity contribution in [3.63, 3.8) is 0 Å². The van der Waals surface area contributed by atoms with Crippen LogP contribution in [0.25, 0.3) is 0 Å². The van der Waals surface area contributed by atoms with E-state index in [0.29, 0.717) is 0 Å². The Bertz CT molecular complexity index is 129. The standard InChI is InChI=1S/C6H12N2O/c1-4(2)6(7)8-5(3)9/h4H,1-3H3,(H2,7,8,9). The minimum atomic E-state index is -0.172. The lowest BCUT2D eigenvalue weighted by Gasteiger charge is -2.05. The fourth-order valence-electron chi connectivity index (χ4n) is 0.334. The first-order valence-electron chi connectivity index (χ1n) is 2.90. The molecular formula is C6H12N2O. The smallest absolute Gasteiger partial charge is 0.222 e. The van der Waals surface area contributed by atoms with Crippen molar-refractivity contribution in [1.82, 2.24) is 5.32 Å². The van der Waals surface area contributed by atoms with Crippen molar-refractivity contribution < 1.29 is 4.79 Å². The zero-order valence-corrected chi connectivity index (χ0v) is 5.99. The number of carbonyl (C=O) groups excluding carboxylic acids is 1. The molecule has 52 valence electrons. The van der Waals surface area contributed by atoms with Gasteiger partial charge in [0.25, 0.3) is 0 Å². The Balaban J connectivity index is 3.64. The van der Waals surface area contributed by atoms with E-state index in [2.05, 4.69) is 5.32 Å². The highest BCUT2D eigenvalue weighted by atomic mass is 16.1. The van der Waals surface area contributed by atoms with Crippen LogP contribution < -0.4 is 5.32 Å². The first kappa shape index (κ1) is 8.14. The summed E-state index contributed by atoms with van der Waals surface area (Å²) in [5, 5.41) is 9.53. The molecule has 9 heavy (non-hydrogen) atoms. The molecule has 2 N–H and O–H groups in total. The summed E-state index contributed by atoms with van der Waals surface area (Å²) in [6, 6.07) is 0. The SMILES string of the molecule is CC(=O)NC(=N)C(C)C. The first-order chi connectivity index (χ1) is 4.04. The molecule has 0 aromatic rings. The van der Waals surface area contributed by atoms with E-state index in [1.165, 1.54) is 6.92 Å². The topological polar surface area (TPSA) is 53.0 Å². The largest absolute Gasteiger partial charge is 0.315 e. The Morgan fingerprint density at radius 2 is 2.00 bits per heavy atom. The average molecular weight is 128 g/mol. The highest BCUT2D eigenvalue weighted by molar-refractivity contribution is 5.96. The summed E-state index contributed by atoms with van der Waals surface area (Å²) in [6.45, 7) is 5.12. The molecule has 0 aromatic carbocycles. The van der Waals surface area contributed by atoms with Gasteiger partial charge in [0, 0.05) is 12.8 Å². The second-order valence-electron chi connectivity index (χ2n) is 2.25. The summed E-state index contributed by atoms with van der Waals surface area (Å²) in [7, 11) is 0. The molecule has 0 aliphatic carbocycles. The van der Waals surface area contributed by atoms with E-state index in [0.717, 1.165) is 0 Å². The van der Waals surface area contributed by atoms with Crippen molar-refractivity contribution in [2.75, 3.05) is 0 Å². The molecule has 0 fully saturated rings. The van der Waals surface area contributed by atoms with Crippen LogP contribution >= 0.6 is 0 Å². The van der Waals surface area contributed by atoms with Gasteiger partial charge >= 0.3 is 0 Å². The fraction of sp³-hybridized carbons (Fsp3) is 0.667. The molecule has 0 spiro atoms. The predicted molar refractivity (Wildman–Crippen MR) is 36.4 cm³/mol. The van der Waals surface area contributed by atoms with Crippen LogP contribution in [0.15, 0.2) is 0 Å².